The SMILES string of the molecule is Cc1c(C(=O)N2CCC[C@@H](N)C2)nn(-c2ccc(C#N)c(F)c2)c1-c1ccc2nn(C)cc2c1. The van der Waals surface area contributed by atoms with Crippen LogP contribution in [0.3, 0.4) is 0 Å². The predicted molar refractivity (Wildman–Crippen MR) is 126 cm³/mol. The second-order valence-corrected chi connectivity index (χ2v) is 8.74. The van der Waals surface area contributed by atoms with Crippen LogP contribution in [-0.4, -0.2) is 49.5 Å². The molecule has 3 heterocycles. The Morgan fingerprint density at radius 3 is 2.79 bits per heavy atom. The molecule has 9 heteroatoms. The Morgan fingerprint density at radius 1 is 1.24 bits per heavy atom. The number of hydrogen-bond donors (Lipinski definition) is 1. The number of hydrogen-bond acceptors (Lipinski definition) is 5. The molecule has 0 unspecified atom stereocenters. The van der Waals surface area contributed by atoms with E-state index in [1.807, 2.05) is 44.4 Å². The highest BCUT2D eigenvalue weighted by Gasteiger charge is 2.28. The second kappa shape index (κ2) is 8.39. The molecule has 0 saturated carbocycles. The van der Waals surface area contributed by atoms with E-state index in [2.05, 4.69) is 10.2 Å². The van der Waals surface area contributed by atoms with Gasteiger partial charge in [0.05, 0.1) is 22.5 Å². The molecule has 1 saturated heterocycles. The average Bonchev–Trinajstić information content (AvgIpc) is 3.36. The molecule has 8 nitrogen and oxygen atoms in total. The van der Waals surface area contributed by atoms with Crippen molar-refractivity contribution < 1.29 is 9.18 Å². The summed E-state index contributed by atoms with van der Waals surface area (Å²) in [4.78, 5) is 15.2. The maximum Gasteiger partial charge on any atom is 0.274 e. The van der Waals surface area contributed by atoms with Crippen LogP contribution in [0.1, 0.15) is 34.5 Å². The lowest BCUT2D eigenvalue weighted by molar-refractivity contribution is 0.0701. The normalized spacial score (nSPS) is 16.1. The van der Waals surface area contributed by atoms with Crippen molar-refractivity contribution in [2.24, 2.45) is 12.8 Å². The van der Waals surface area contributed by atoms with Gasteiger partial charge in [-0.2, -0.15) is 15.5 Å². The minimum Gasteiger partial charge on any atom is -0.336 e. The summed E-state index contributed by atoms with van der Waals surface area (Å²) < 4.78 is 17.8. The van der Waals surface area contributed by atoms with Gasteiger partial charge in [0.25, 0.3) is 5.91 Å². The van der Waals surface area contributed by atoms with Crippen LogP contribution in [0.5, 0.6) is 0 Å². The highest BCUT2D eigenvalue weighted by atomic mass is 19.1. The van der Waals surface area contributed by atoms with Gasteiger partial charge in [-0.25, -0.2) is 9.07 Å². The molecule has 2 aromatic heterocycles. The van der Waals surface area contributed by atoms with E-state index in [0.29, 0.717) is 35.7 Å². The lowest BCUT2D eigenvalue weighted by Gasteiger charge is -2.30. The molecule has 1 aliphatic heterocycles. The highest BCUT2D eigenvalue weighted by molar-refractivity contribution is 5.96. The van der Waals surface area contributed by atoms with Crippen molar-refractivity contribution in [3.05, 3.63) is 65.2 Å². The summed E-state index contributed by atoms with van der Waals surface area (Å²) >= 11 is 0. The van der Waals surface area contributed by atoms with Crippen LogP contribution in [0.15, 0.2) is 42.6 Å². The van der Waals surface area contributed by atoms with Crippen molar-refractivity contribution in [2.75, 3.05) is 13.1 Å². The average molecular weight is 458 g/mol. The van der Waals surface area contributed by atoms with E-state index in [-0.39, 0.29) is 17.5 Å². The summed E-state index contributed by atoms with van der Waals surface area (Å²) in [6, 6.07) is 11.9. The van der Waals surface area contributed by atoms with Crippen molar-refractivity contribution in [1.29, 1.82) is 5.26 Å². The first-order valence-corrected chi connectivity index (χ1v) is 11.1. The number of aromatic nitrogens is 4. The van der Waals surface area contributed by atoms with Gasteiger partial charge >= 0.3 is 0 Å². The van der Waals surface area contributed by atoms with E-state index in [0.717, 1.165) is 29.3 Å². The van der Waals surface area contributed by atoms with Crippen LogP contribution >= 0.6 is 0 Å². The number of nitrogens with zero attached hydrogens (tertiary/aromatic N) is 6. The summed E-state index contributed by atoms with van der Waals surface area (Å²) in [5.41, 5.74) is 9.82. The van der Waals surface area contributed by atoms with Crippen LogP contribution in [0.4, 0.5) is 4.39 Å². The molecule has 5 rings (SSSR count). The standard InChI is InChI=1S/C25H24FN7O/c1-15-23(25(34)32-9-3-4-19(28)14-32)30-33(20-7-5-17(12-27)21(26)11-20)24(15)16-6-8-22-18(10-16)13-31(2)29-22/h5-8,10-11,13,19H,3-4,9,14,28H2,1-2H3/t19-/m1/s1. The van der Waals surface area contributed by atoms with Crippen molar-refractivity contribution in [3.63, 3.8) is 0 Å². The maximum atomic E-state index is 14.5. The molecule has 4 aromatic rings. The molecule has 2 N–H and O–H groups in total. The van der Waals surface area contributed by atoms with Crippen molar-refractivity contribution in [2.45, 2.75) is 25.8 Å². The topological polar surface area (TPSA) is 106 Å². The first-order chi connectivity index (χ1) is 16.4. The van der Waals surface area contributed by atoms with Gasteiger partial charge in [0, 0.05) is 55.0 Å². The molecule has 2 aromatic carbocycles. The van der Waals surface area contributed by atoms with Crippen molar-refractivity contribution >= 4 is 16.8 Å². The molecule has 1 fully saturated rings. The first kappa shape index (κ1) is 21.8. The molecule has 0 aliphatic carbocycles. The molecular weight excluding hydrogens is 433 g/mol. The number of carbonyl (C=O) groups excluding carboxylic acids is 1. The van der Waals surface area contributed by atoms with E-state index < -0.39 is 5.82 Å². The number of piperidine rings is 1. The van der Waals surface area contributed by atoms with Gasteiger partial charge < -0.3 is 10.6 Å². The van der Waals surface area contributed by atoms with Crippen molar-refractivity contribution in [1.82, 2.24) is 24.5 Å². The van der Waals surface area contributed by atoms with Crippen LogP contribution in [0.2, 0.25) is 0 Å². The first-order valence-electron chi connectivity index (χ1n) is 11.1. The third kappa shape index (κ3) is 3.72. The molecule has 34 heavy (non-hydrogen) atoms. The fourth-order valence-electron chi connectivity index (χ4n) is 4.59. The quantitative estimate of drug-likeness (QED) is 0.508. The lowest BCUT2D eigenvalue weighted by atomic mass is 10.0. The Balaban J connectivity index is 1.68. The number of nitrogens with two attached hydrogens (primary N) is 1. The summed E-state index contributed by atoms with van der Waals surface area (Å²) in [6.45, 7) is 2.96. The highest BCUT2D eigenvalue weighted by Crippen LogP contribution is 2.32. The Morgan fingerprint density at radius 2 is 2.06 bits per heavy atom. The third-order valence-corrected chi connectivity index (χ3v) is 6.28. The predicted octanol–water partition coefficient (Wildman–Crippen LogP) is 3.31. The number of amides is 1. The third-order valence-electron chi connectivity index (χ3n) is 6.28. The number of benzene rings is 2. The largest absolute Gasteiger partial charge is 0.336 e. The number of likely N-dealkylation sites (tertiary alicyclic amines) is 1. The molecule has 0 bridgehead atoms. The number of halogens is 1. The van der Waals surface area contributed by atoms with Crippen LogP contribution in [0.25, 0.3) is 27.8 Å². The summed E-state index contributed by atoms with van der Waals surface area (Å²) in [7, 11) is 1.86. The minimum atomic E-state index is -0.642. The molecule has 0 radical (unpaired) electrons. The zero-order valence-electron chi connectivity index (χ0n) is 19.0. The van der Waals surface area contributed by atoms with E-state index in [1.165, 1.54) is 12.1 Å². The monoisotopic (exact) mass is 457 g/mol. The van der Waals surface area contributed by atoms with Crippen LogP contribution < -0.4 is 5.73 Å². The molecule has 1 amide bonds. The van der Waals surface area contributed by atoms with Gasteiger partial charge in [-0.1, -0.05) is 6.07 Å². The number of aryl methyl sites for hydroxylation is 1. The van der Waals surface area contributed by atoms with Gasteiger partial charge in [0.2, 0.25) is 0 Å². The molecular formula is C25H24FN7O. The number of rotatable bonds is 3. The smallest absolute Gasteiger partial charge is 0.274 e. The number of nitriles is 1. The van der Waals surface area contributed by atoms with Gasteiger partial charge in [0.15, 0.2) is 5.69 Å². The molecule has 172 valence electrons. The van der Waals surface area contributed by atoms with Gasteiger partial charge in [0.1, 0.15) is 11.9 Å². The fraction of sp³-hybridized carbons (Fsp3) is 0.280. The van der Waals surface area contributed by atoms with E-state index >= 15 is 0 Å². The summed E-state index contributed by atoms with van der Waals surface area (Å²) in [5, 5.41) is 19.1. The van der Waals surface area contributed by atoms with E-state index in [1.54, 1.807) is 20.3 Å². The number of fused-ring (bicyclic) bond motifs is 1. The molecule has 1 aliphatic rings. The Labute approximate surface area is 196 Å². The summed E-state index contributed by atoms with van der Waals surface area (Å²) in [6.07, 6.45) is 3.65. The van der Waals surface area contributed by atoms with Gasteiger partial charge in [-0.15, -0.1) is 0 Å². The lowest BCUT2D eigenvalue weighted by Crippen LogP contribution is -2.46. The molecule has 0 spiro atoms. The van der Waals surface area contributed by atoms with Crippen LogP contribution in [-0.2, 0) is 7.05 Å². The summed E-state index contributed by atoms with van der Waals surface area (Å²) in [5.74, 6) is -0.832. The van der Waals surface area contributed by atoms with Crippen molar-refractivity contribution in [3.8, 4) is 23.0 Å². The Hall–Kier alpha value is -4.03. The minimum absolute atomic E-state index is 0.0513. The van der Waals surface area contributed by atoms with Gasteiger partial charge in [-0.3, -0.25) is 9.48 Å². The van der Waals surface area contributed by atoms with Crippen LogP contribution in [0, 0.1) is 24.1 Å². The Bertz CT molecular complexity index is 1460. The zero-order chi connectivity index (χ0) is 24.0. The fourth-order valence-corrected chi connectivity index (χ4v) is 4.59. The Kier molecular flexibility index (Phi) is 5.38. The zero-order valence-corrected chi connectivity index (χ0v) is 19.0. The van der Waals surface area contributed by atoms with Gasteiger partial charge in [-0.05, 0) is 44.0 Å². The second-order valence-electron chi connectivity index (χ2n) is 8.74. The van der Waals surface area contributed by atoms with E-state index in [4.69, 9.17) is 11.0 Å². The van der Waals surface area contributed by atoms with E-state index in [9.17, 15) is 9.18 Å². The molecule has 1 atom stereocenters. The maximum absolute atomic E-state index is 14.5. The number of carbonyl (C=O) groups is 1.